The van der Waals surface area contributed by atoms with Crippen LogP contribution in [-0.4, -0.2) is 21.6 Å². The zero-order chi connectivity index (χ0) is 12.4. The number of aromatic nitrogens is 3. The average molecular weight is 299 g/mol. The summed E-state index contributed by atoms with van der Waals surface area (Å²) < 4.78 is 15.3. The van der Waals surface area contributed by atoms with E-state index in [4.69, 9.17) is 0 Å². The Morgan fingerprint density at radius 2 is 2.24 bits per heavy atom. The zero-order valence-electron chi connectivity index (χ0n) is 8.82. The Balaban J connectivity index is 2.61. The van der Waals surface area contributed by atoms with Crippen molar-refractivity contribution in [1.82, 2.24) is 14.5 Å². The first-order valence-corrected chi connectivity index (χ1v) is 5.50. The van der Waals surface area contributed by atoms with Gasteiger partial charge in [-0.05, 0) is 18.2 Å². The van der Waals surface area contributed by atoms with Gasteiger partial charge in [-0.25, -0.2) is 18.7 Å². The van der Waals surface area contributed by atoms with E-state index in [2.05, 4.69) is 31.2 Å². The second-order valence-electron chi connectivity index (χ2n) is 3.18. The molecule has 0 amide bonds. The molecule has 1 aromatic carbocycles. The van der Waals surface area contributed by atoms with Crippen LogP contribution in [0.3, 0.4) is 0 Å². The number of rotatable bonds is 2. The highest BCUT2D eigenvalue weighted by Crippen LogP contribution is 2.17. The maximum absolute atomic E-state index is 13.6. The molecule has 0 aliphatic heterocycles. The van der Waals surface area contributed by atoms with Gasteiger partial charge in [-0.3, -0.25) is 0 Å². The molecule has 7 heteroatoms. The summed E-state index contributed by atoms with van der Waals surface area (Å²) in [4.78, 5) is 19.2. The Bertz CT molecular complexity index is 613. The van der Waals surface area contributed by atoms with Gasteiger partial charge in [0.25, 0.3) is 0 Å². The van der Waals surface area contributed by atoms with Crippen LogP contribution in [0.4, 0.5) is 10.3 Å². The lowest BCUT2D eigenvalue weighted by molar-refractivity contribution is 0.612. The topological polar surface area (TPSA) is 59.8 Å². The molecule has 0 saturated heterocycles. The van der Waals surface area contributed by atoms with E-state index in [9.17, 15) is 9.18 Å². The molecule has 0 saturated carbocycles. The van der Waals surface area contributed by atoms with Gasteiger partial charge in [0.2, 0.25) is 5.95 Å². The maximum atomic E-state index is 13.6. The molecule has 0 fully saturated rings. The second kappa shape index (κ2) is 4.62. The van der Waals surface area contributed by atoms with Crippen molar-refractivity contribution in [3.05, 3.63) is 45.3 Å². The first kappa shape index (κ1) is 11.7. The maximum Gasteiger partial charge on any atom is 0.356 e. The van der Waals surface area contributed by atoms with Crippen molar-refractivity contribution in [2.75, 3.05) is 12.4 Å². The molecule has 5 nitrogen and oxygen atoms in total. The molecule has 0 radical (unpaired) electrons. The van der Waals surface area contributed by atoms with Crippen LogP contribution in [0.15, 0.2) is 33.8 Å². The van der Waals surface area contributed by atoms with Crippen molar-refractivity contribution in [2.24, 2.45) is 0 Å². The molecule has 0 atom stereocenters. The SMILES string of the molecule is CNc1ncn(-c2cc(Br)ccc2F)c(=O)n1. The number of hydrogen-bond acceptors (Lipinski definition) is 4. The van der Waals surface area contributed by atoms with Gasteiger partial charge in [0.05, 0.1) is 5.69 Å². The van der Waals surface area contributed by atoms with Crippen molar-refractivity contribution < 1.29 is 4.39 Å². The van der Waals surface area contributed by atoms with Crippen molar-refractivity contribution >= 4 is 21.9 Å². The van der Waals surface area contributed by atoms with Crippen LogP contribution < -0.4 is 11.0 Å². The predicted molar refractivity (Wildman–Crippen MR) is 64.8 cm³/mol. The highest BCUT2D eigenvalue weighted by molar-refractivity contribution is 9.10. The van der Waals surface area contributed by atoms with E-state index in [0.717, 1.165) is 4.57 Å². The Hall–Kier alpha value is -1.76. The minimum atomic E-state index is -0.596. The lowest BCUT2D eigenvalue weighted by atomic mass is 10.3. The van der Waals surface area contributed by atoms with Crippen LogP contribution in [-0.2, 0) is 0 Å². The third kappa shape index (κ3) is 2.33. The summed E-state index contributed by atoms with van der Waals surface area (Å²) in [5, 5.41) is 2.63. The molecule has 2 aromatic rings. The van der Waals surface area contributed by atoms with E-state index in [-0.39, 0.29) is 11.6 Å². The van der Waals surface area contributed by atoms with E-state index in [1.807, 2.05) is 0 Å². The Morgan fingerprint density at radius 3 is 2.88 bits per heavy atom. The molecule has 88 valence electrons. The van der Waals surface area contributed by atoms with Crippen LogP contribution in [0.2, 0.25) is 0 Å². The number of hydrogen-bond donors (Lipinski definition) is 1. The van der Waals surface area contributed by atoms with E-state index >= 15 is 0 Å². The molecular weight excluding hydrogens is 291 g/mol. The fourth-order valence-corrected chi connectivity index (χ4v) is 1.64. The van der Waals surface area contributed by atoms with E-state index in [1.165, 1.54) is 18.5 Å². The van der Waals surface area contributed by atoms with Crippen molar-refractivity contribution in [2.45, 2.75) is 0 Å². The molecule has 0 aliphatic carbocycles. The van der Waals surface area contributed by atoms with Gasteiger partial charge < -0.3 is 5.32 Å². The molecule has 0 spiro atoms. The fraction of sp³-hybridized carbons (Fsp3) is 0.100. The molecule has 1 heterocycles. The summed E-state index contributed by atoms with van der Waals surface area (Å²) in [6.45, 7) is 0. The monoisotopic (exact) mass is 298 g/mol. The van der Waals surface area contributed by atoms with Crippen LogP contribution in [0.5, 0.6) is 0 Å². The van der Waals surface area contributed by atoms with Crippen LogP contribution in [0.25, 0.3) is 5.69 Å². The van der Waals surface area contributed by atoms with Crippen LogP contribution in [0.1, 0.15) is 0 Å². The van der Waals surface area contributed by atoms with Gasteiger partial charge in [0.1, 0.15) is 12.1 Å². The number of halogens is 2. The van der Waals surface area contributed by atoms with Gasteiger partial charge in [-0.15, -0.1) is 0 Å². The highest BCUT2D eigenvalue weighted by atomic mass is 79.9. The van der Waals surface area contributed by atoms with Gasteiger partial charge in [0, 0.05) is 11.5 Å². The highest BCUT2D eigenvalue weighted by Gasteiger charge is 2.08. The number of nitrogens with one attached hydrogen (secondary N) is 1. The molecule has 2 rings (SSSR count). The van der Waals surface area contributed by atoms with Crippen molar-refractivity contribution in [1.29, 1.82) is 0 Å². The molecule has 17 heavy (non-hydrogen) atoms. The molecule has 0 unspecified atom stereocenters. The predicted octanol–water partition coefficient (Wildman–Crippen LogP) is 1.57. The lowest BCUT2D eigenvalue weighted by Crippen LogP contribution is -2.23. The Labute approximate surface area is 104 Å². The summed E-state index contributed by atoms with van der Waals surface area (Å²) in [5.74, 6) is -0.322. The number of anilines is 1. The third-order valence-electron chi connectivity index (χ3n) is 2.09. The first-order valence-electron chi connectivity index (χ1n) is 4.70. The summed E-state index contributed by atoms with van der Waals surface area (Å²) >= 11 is 3.21. The van der Waals surface area contributed by atoms with E-state index in [1.54, 1.807) is 13.1 Å². The molecule has 1 N–H and O–H groups in total. The second-order valence-corrected chi connectivity index (χ2v) is 4.09. The number of nitrogens with zero attached hydrogens (tertiary/aromatic N) is 3. The van der Waals surface area contributed by atoms with Crippen molar-refractivity contribution in [3.8, 4) is 5.69 Å². The van der Waals surface area contributed by atoms with Gasteiger partial charge in [-0.1, -0.05) is 15.9 Å². The Morgan fingerprint density at radius 1 is 1.47 bits per heavy atom. The minimum Gasteiger partial charge on any atom is -0.357 e. The minimum absolute atomic E-state index is 0.104. The fourth-order valence-electron chi connectivity index (χ4n) is 1.29. The summed E-state index contributed by atoms with van der Waals surface area (Å²) in [6.07, 6.45) is 1.23. The van der Waals surface area contributed by atoms with Crippen LogP contribution in [0, 0.1) is 5.82 Å². The molecule has 1 aromatic heterocycles. The lowest BCUT2D eigenvalue weighted by Gasteiger charge is -2.06. The van der Waals surface area contributed by atoms with E-state index in [0.29, 0.717) is 4.47 Å². The van der Waals surface area contributed by atoms with E-state index < -0.39 is 11.5 Å². The molecule has 0 bridgehead atoms. The van der Waals surface area contributed by atoms with Crippen molar-refractivity contribution in [3.63, 3.8) is 0 Å². The van der Waals surface area contributed by atoms with Gasteiger partial charge >= 0.3 is 5.69 Å². The summed E-state index contributed by atoms with van der Waals surface area (Å²) in [5.41, 5.74) is -0.492. The largest absolute Gasteiger partial charge is 0.357 e. The van der Waals surface area contributed by atoms with Crippen LogP contribution >= 0.6 is 15.9 Å². The quantitative estimate of drug-likeness (QED) is 0.914. The molecule has 0 aliphatic rings. The summed E-state index contributed by atoms with van der Waals surface area (Å²) in [6, 6.07) is 4.30. The summed E-state index contributed by atoms with van der Waals surface area (Å²) in [7, 11) is 1.60. The zero-order valence-corrected chi connectivity index (χ0v) is 10.4. The first-order chi connectivity index (χ1) is 8.11. The number of benzene rings is 1. The smallest absolute Gasteiger partial charge is 0.356 e. The third-order valence-corrected chi connectivity index (χ3v) is 2.59. The van der Waals surface area contributed by atoms with Gasteiger partial charge in [-0.2, -0.15) is 4.98 Å². The molecular formula is C10H8BrFN4O. The average Bonchev–Trinajstić information content (AvgIpc) is 2.32. The Kier molecular flexibility index (Phi) is 3.19. The normalized spacial score (nSPS) is 10.3. The van der Waals surface area contributed by atoms with Gasteiger partial charge in [0.15, 0.2) is 0 Å². The standard InChI is InChI=1S/C10H8BrFN4O/c1-13-9-14-5-16(10(17)15-9)8-4-6(11)2-3-7(8)12/h2-5H,1H3,(H,13,15,17).